The van der Waals surface area contributed by atoms with Crippen molar-refractivity contribution in [3.8, 4) is 0 Å². The zero-order chi connectivity index (χ0) is 12.0. The largest absolute Gasteiger partial charge is 0.477 e. The maximum atomic E-state index is 10.6. The van der Waals surface area contributed by atoms with E-state index in [2.05, 4.69) is 0 Å². The first-order valence-electron chi connectivity index (χ1n) is 5.78. The average molecular weight is 226 g/mol. The summed E-state index contributed by atoms with van der Waals surface area (Å²) in [5.74, 6) is -2.05. The Labute approximate surface area is 95.0 Å². The molecule has 0 aromatic heterocycles. The van der Waals surface area contributed by atoms with Crippen LogP contribution in [0.25, 0.3) is 0 Å². The summed E-state index contributed by atoms with van der Waals surface area (Å²) in [7, 11) is 0. The predicted molar refractivity (Wildman–Crippen MR) is 59.2 cm³/mol. The fourth-order valence-electron chi connectivity index (χ4n) is 2.21. The van der Waals surface area contributed by atoms with Crippen molar-refractivity contribution >= 4 is 11.9 Å². The molecule has 1 rings (SSSR count). The van der Waals surface area contributed by atoms with Gasteiger partial charge < -0.3 is 10.2 Å². The minimum atomic E-state index is -1.35. The van der Waals surface area contributed by atoms with Crippen LogP contribution in [-0.2, 0) is 9.59 Å². The number of carboxylic acids is 2. The van der Waals surface area contributed by atoms with Crippen LogP contribution in [0.4, 0.5) is 0 Å². The molecule has 0 unspecified atom stereocenters. The summed E-state index contributed by atoms with van der Waals surface area (Å²) in [6.45, 7) is 0. The van der Waals surface area contributed by atoms with E-state index >= 15 is 0 Å². The molecular formula is C12H18O4. The second-order valence-corrected chi connectivity index (χ2v) is 4.31. The second-order valence-electron chi connectivity index (χ2n) is 4.31. The molecule has 4 nitrogen and oxygen atoms in total. The SMILES string of the molecule is O=C(O)C(=CCCC1CCCCC1)C(=O)O. The Morgan fingerprint density at radius 3 is 2.12 bits per heavy atom. The van der Waals surface area contributed by atoms with Crippen LogP contribution in [-0.4, -0.2) is 22.2 Å². The minimum absolute atomic E-state index is 0.504. The molecule has 90 valence electrons. The highest BCUT2D eigenvalue weighted by Gasteiger charge is 2.16. The van der Waals surface area contributed by atoms with Gasteiger partial charge in [-0.25, -0.2) is 9.59 Å². The monoisotopic (exact) mass is 226 g/mol. The Morgan fingerprint density at radius 1 is 1.06 bits per heavy atom. The van der Waals surface area contributed by atoms with Gasteiger partial charge in [0.1, 0.15) is 5.57 Å². The third kappa shape index (κ3) is 4.04. The quantitative estimate of drug-likeness (QED) is 0.429. The van der Waals surface area contributed by atoms with E-state index in [1.807, 2.05) is 0 Å². The molecule has 0 spiro atoms. The second kappa shape index (κ2) is 6.30. The Hall–Kier alpha value is -1.32. The highest BCUT2D eigenvalue weighted by molar-refractivity contribution is 6.12. The first kappa shape index (κ1) is 12.7. The lowest BCUT2D eigenvalue weighted by Gasteiger charge is -2.20. The lowest BCUT2D eigenvalue weighted by atomic mass is 9.86. The third-order valence-electron chi connectivity index (χ3n) is 3.11. The molecule has 1 fully saturated rings. The van der Waals surface area contributed by atoms with Crippen molar-refractivity contribution in [2.45, 2.75) is 44.9 Å². The first-order chi connectivity index (χ1) is 7.61. The lowest BCUT2D eigenvalue weighted by Crippen LogP contribution is -2.11. The van der Waals surface area contributed by atoms with Crippen LogP contribution in [0.15, 0.2) is 11.6 Å². The summed E-state index contributed by atoms with van der Waals surface area (Å²) in [5.41, 5.74) is -0.504. The van der Waals surface area contributed by atoms with E-state index in [4.69, 9.17) is 10.2 Å². The van der Waals surface area contributed by atoms with Gasteiger partial charge in [0.2, 0.25) is 0 Å². The van der Waals surface area contributed by atoms with Crippen molar-refractivity contribution in [1.82, 2.24) is 0 Å². The normalized spacial score (nSPS) is 16.8. The smallest absolute Gasteiger partial charge is 0.342 e. The molecule has 0 radical (unpaired) electrons. The van der Waals surface area contributed by atoms with Gasteiger partial charge in [-0.15, -0.1) is 0 Å². The zero-order valence-electron chi connectivity index (χ0n) is 9.32. The molecule has 4 heteroatoms. The Bertz CT molecular complexity index is 271. The molecule has 0 aromatic carbocycles. The standard InChI is InChI=1S/C12H18O4/c13-11(14)10(12(15)16)8-4-7-9-5-2-1-3-6-9/h8-9H,1-7H2,(H,13,14)(H,15,16). The van der Waals surface area contributed by atoms with Crippen molar-refractivity contribution in [3.63, 3.8) is 0 Å². The molecule has 1 aliphatic rings. The van der Waals surface area contributed by atoms with E-state index in [9.17, 15) is 9.59 Å². The number of rotatable bonds is 5. The van der Waals surface area contributed by atoms with Crippen molar-refractivity contribution in [3.05, 3.63) is 11.6 Å². The summed E-state index contributed by atoms with van der Waals surface area (Å²) in [6.07, 6.45) is 8.98. The highest BCUT2D eigenvalue weighted by Crippen LogP contribution is 2.27. The van der Waals surface area contributed by atoms with Gasteiger partial charge in [0.15, 0.2) is 0 Å². The highest BCUT2D eigenvalue weighted by atomic mass is 16.4. The molecular weight excluding hydrogens is 208 g/mol. The number of carboxylic acid groups (broad SMARTS) is 2. The molecule has 0 atom stereocenters. The first-order valence-corrected chi connectivity index (χ1v) is 5.78. The van der Waals surface area contributed by atoms with Gasteiger partial charge in [-0.1, -0.05) is 38.2 Å². The maximum Gasteiger partial charge on any atom is 0.342 e. The zero-order valence-corrected chi connectivity index (χ0v) is 9.32. The van der Waals surface area contributed by atoms with Crippen LogP contribution in [0, 0.1) is 5.92 Å². The fourth-order valence-corrected chi connectivity index (χ4v) is 2.21. The van der Waals surface area contributed by atoms with Gasteiger partial charge in [0, 0.05) is 0 Å². The number of allylic oxidation sites excluding steroid dienone is 1. The maximum absolute atomic E-state index is 10.6. The Kier molecular flexibility index (Phi) is 5.02. The molecule has 16 heavy (non-hydrogen) atoms. The Balaban J connectivity index is 2.38. The van der Waals surface area contributed by atoms with E-state index < -0.39 is 17.5 Å². The summed E-state index contributed by atoms with van der Waals surface area (Å²) in [4.78, 5) is 21.1. The van der Waals surface area contributed by atoms with Gasteiger partial charge in [0.25, 0.3) is 0 Å². The van der Waals surface area contributed by atoms with Crippen LogP contribution in [0.1, 0.15) is 44.9 Å². The summed E-state index contributed by atoms with van der Waals surface area (Å²) < 4.78 is 0. The molecule has 0 heterocycles. The van der Waals surface area contributed by atoms with Crippen LogP contribution < -0.4 is 0 Å². The van der Waals surface area contributed by atoms with E-state index in [0.717, 1.165) is 6.42 Å². The molecule has 0 amide bonds. The van der Waals surface area contributed by atoms with Crippen molar-refractivity contribution < 1.29 is 19.8 Å². The molecule has 1 aliphatic carbocycles. The number of carbonyl (C=O) groups is 2. The third-order valence-corrected chi connectivity index (χ3v) is 3.11. The summed E-state index contributed by atoms with van der Waals surface area (Å²) in [6, 6.07) is 0. The topological polar surface area (TPSA) is 74.6 Å². The lowest BCUT2D eigenvalue weighted by molar-refractivity contribution is -0.140. The molecule has 0 saturated heterocycles. The molecule has 1 saturated carbocycles. The number of hydrogen-bond donors (Lipinski definition) is 2. The van der Waals surface area contributed by atoms with E-state index in [1.54, 1.807) is 0 Å². The van der Waals surface area contributed by atoms with Crippen LogP contribution >= 0.6 is 0 Å². The van der Waals surface area contributed by atoms with Crippen molar-refractivity contribution in [2.75, 3.05) is 0 Å². The minimum Gasteiger partial charge on any atom is -0.477 e. The molecule has 0 bridgehead atoms. The molecule has 0 aliphatic heterocycles. The van der Waals surface area contributed by atoms with Gasteiger partial charge in [-0.05, 0) is 18.8 Å². The van der Waals surface area contributed by atoms with Crippen LogP contribution in [0.5, 0.6) is 0 Å². The van der Waals surface area contributed by atoms with E-state index in [-0.39, 0.29) is 0 Å². The number of hydrogen-bond acceptors (Lipinski definition) is 2. The van der Waals surface area contributed by atoms with Gasteiger partial charge in [0.05, 0.1) is 0 Å². The summed E-state index contributed by atoms with van der Waals surface area (Å²) in [5, 5.41) is 17.3. The van der Waals surface area contributed by atoms with Crippen LogP contribution in [0.3, 0.4) is 0 Å². The average Bonchev–Trinajstić information content (AvgIpc) is 2.24. The van der Waals surface area contributed by atoms with Gasteiger partial charge >= 0.3 is 11.9 Å². The van der Waals surface area contributed by atoms with Gasteiger partial charge in [-0.3, -0.25) is 0 Å². The predicted octanol–water partition coefficient (Wildman–Crippen LogP) is 2.44. The molecule has 2 N–H and O–H groups in total. The van der Waals surface area contributed by atoms with Gasteiger partial charge in [-0.2, -0.15) is 0 Å². The molecule has 0 aromatic rings. The summed E-state index contributed by atoms with van der Waals surface area (Å²) >= 11 is 0. The van der Waals surface area contributed by atoms with Crippen molar-refractivity contribution in [2.24, 2.45) is 5.92 Å². The number of aliphatic carboxylic acids is 2. The van der Waals surface area contributed by atoms with E-state index in [1.165, 1.54) is 38.2 Å². The van der Waals surface area contributed by atoms with E-state index in [0.29, 0.717) is 12.3 Å². The fraction of sp³-hybridized carbons (Fsp3) is 0.667. The van der Waals surface area contributed by atoms with Crippen molar-refractivity contribution in [1.29, 1.82) is 0 Å². The van der Waals surface area contributed by atoms with Crippen LogP contribution in [0.2, 0.25) is 0 Å². The Morgan fingerprint density at radius 2 is 1.62 bits per heavy atom.